The first-order valence-corrected chi connectivity index (χ1v) is 10.8. The maximum atomic E-state index is 6.46. The van der Waals surface area contributed by atoms with Crippen molar-refractivity contribution in [3.05, 3.63) is 41.2 Å². The molecule has 0 bridgehead atoms. The summed E-state index contributed by atoms with van der Waals surface area (Å²) >= 11 is 6.46. The Morgan fingerprint density at radius 1 is 1.21 bits per heavy atom. The van der Waals surface area contributed by atoms with Gasteiger partial charge in [-0.1, -0.05) is 17.7 Å². The number of hydrogen-bond donors (Lipinski definition) is 2. The fourth-order valence-electron chi connectivity index (χ4n) is 4.02. The van der Waals surface area contributed by atoms with Gasteiger partial charge in [0.1, 0.15) is 5.82 Å². The second kappa shape index (κ2) is 9.68. The smallest absolute Gasteiger partial charge is 0.126 e. The highest BCUT2D eigenvalue weighted by atomic mass is 35.5. The van der Waals surface area contributed by atoms with Crippen LogP contribution in [-0.2, 0) is 11.2 Å². The lowest BCUT2D eigenvalue weighted by atomic mass is 10.0. The van der Waals surface area contributed by atoms with Gasteiger partial charge < -0.3 is 15.4 Å². The molecule has 2 aromatic heterocycles. The minimum atomic E-state index is 0.622. The van der Waals surface area contributed by atoms with E-state index in [2.05, 4.69) is 21.7 Å². The highest BCUT2D eigenvalue weighted by Crippen LogP contribution is 2.28. The molecule has 5 nitrogen and oxygen atoms in total. The minimum Gasteiger partial charge on any atom is -0.381 e. The van der Waals surface area contributed by atoms with Crippen molar-refractivity contribution in [1.29, 1.82) is 0 Å². The molecule has 0 spiro atoms. The number of nitrogens with zero attached hydrogens (tertiary/aromatic N) is 2. The normalized spacial score (nSPS) is 20.4. The Labute approximate surface area is 172 Å². The van der Waals surface area contributed by atoms with Crippen LogP contribution in [0.1, 0.15) is 37.8 Å². The lowest BCUT2D eigenvalue weighted by Gasteiger charge is -2.22. The molecule has 2 aromatic rings. The first-order valence-electron chi connectivity index (χ1n) is 10.4. The highest BCUT2D eigenvalue weighted by molar-refractivity contribution is 6.33. The van der Waals surface area contributed by atoms with E-state index in [1.807, 2.05) is 18.2 Å². The van der Waals surface area contributed by atoms with Gasteiger partial charge in [0.15, 0.2) is 0 Å². The van der Waals surface area contributed by atoms with Gasteiger partial charge in [-0.25, -0.2) is 4.98 Å². The third-order valence-corrected chi connectivity index (χ3v) is 6.06. The molecule has 0 saturated carbocycles. The van der Waals surface area contributed by atoms with Crippen molar-refractivity contribution in [3.8, 4) is 11.3 Å². The van der Waals surface area contributed by atoms with E-state index < -0.39 is 0 Å². The molecule has 6 heteroatoms. The number of aryl methyl sites for hydroxylation is 1. The Morgan fingerprint density at radius 3 is 2.93 bits per heavy atom. The van der Waals surface area contributed by atoms with Gasteiger partial charge in [0.25, 0.3) is 0 Å². The van der Waals surface area contributed by atoms with E-state index in [-0.39, 0.29) is 0 Å². The standard InChI is InChI=1S/C22H29ClN4O/c23-20-15-25-18(7-6-17-3-2-10-24-17)13-19(20)21-4-1-5-22(27-21)26-14-16-8-11-28-12-9-16/h1,4-5,13,15-17,24H,2-3,6-12,14H2,(H,26,27)/t17-/m1/s1. The zero-order valence-electron chi connectivity index (χ0n) is 16.3. The molecule has 0 amide bonds. The average molecular weight is 401 g/mol. The molecule has 150 valence electrons. The number of ether oxygens (including phenoxy) is 1. The summed E-state index contributed by atoms with van der Waals surface area (Å²) in [6.45, 7) is 3.81. The number of rotatable bonds is 7. The van der Waals surface area contributed by atoms with Crippen molar-refractivity contribution in [2.24, 2.45) is 5.92 Å². The lowest BCUT2D eigenvalue weighted by Crippen LogP contribution is -2.22. The number of pyridine rings is 2. The second-order valence-electron chi connectivity index (χ2n) is 7.83. The van der Waals surface area contributed by atoms with E-state index in [1.54, 1.807) is 6.20 Å². The van der Waals surface area contributed by atoms with Crippen LogP contribution in [0.15, 0.2) is 30.5 Å². The van der Waals surface area contributed by atoms with E-state index in [0.29, 0.717) is 17.0 Å². The van der Waals surface area contributed by atoms with Gasteiger partial charge >= 0.3 is 0 Å². The topological polar surface area (TPSA) is 59.1 Å². The van der Waals surface area contributed by atoms with Crippen molar-refractivity contribution < 1.29 is 4.74 Å². The van der Waals surface area contributed by atoms with Gasteiger partial charge in [-0.2, -0.15) is 0 Å². The van der Waals surface area contributed by atoms with Crippen LogP contribution in [0.3, 0.4) is 0 Å². The number of aromatic nitrogens is 2. The minimum absolute atomic E-state index is 0.622. The van der Waals surface area contributed by atoms with Gasteiger partial charge in [-0.15, -0.1) is 0 Å². The Bertz CT molecular complexity index is 773. The highest BCUT2D eigenvalue weighted by Gasteiger charge is 2.16. The van der Waals surface area contributed by atoms with Gasteiger partial charge in [-0.3, -0.25) is 4.98 Å². The fraction of sp³-hybridized carbons (Fsp3) is 0.545. The average Bonchev–Trinajstić information content (AvgIpc) is 3.26. The molecule has 0 aliphatic carbocycles. The maximum absolute atomic E-state index is 6.46. The number of nitrogens with one attached hydrogen (secondary N) is 2. The summed E-state index contributed by atoms with van der Waals surface area (Å²) in [6.07, 6.45) is 8.62. The molecule has 2 fully saturated rings. The maximum Gasteiger partial charge on any atom is 0.126 e. The quantitative estimate of drug-likeness (QED) is 0.724. The van der Waals surface area contributed by atoms with Crippen molar-refractivity contribution >= 4 is 17.4 Å². The molecule has 0 radical (unpaired) electrons. The molecule has 0 aromatic carbocycles. The number of halogens is 1. The van der Waals surface area contributed by atoms with E-state index >= 15 is 0 Å². The third-order valence-electron chi connectivity index (χ3n) is 5.76. The molecule has 28 heavy (non-hydrogen) atoms. The predicted molar refractivity (Wildman–Crippen MR) is 114 cm³/mol. The van der Waals surface area contributed by atoms with Crippen LogP contribution in [0.2, 0.25) is 5.02 Å². The molecule has 2 aliphatic heterocycles. The molecule has 2 saturated heterocycles. The lowest BCUT2D eigenvalue weighted by molar-refractivity contribution is 0.0699. The van der Waals surface area contributed by atoms with Crippen LogP contribution in [0.25, 0.3) is 11.3 Å². The van der Waals surface area contributed by atoms with Crippen LogP contribution in [0.5, 0.6) is 0 Å². The van der Waals surface area contributed by atoms with Crippen LogP contribution < -0.4 is 10.6 Å². The van der Waals surface area contributed by atoms with E-state index in [1.165, 1.54) is 12.8 Å². The second-order valence-corrected chi connectivity index (χ2v) is 8.24. The fourth-order valence-corrected chi connectivity index (χ4v) is 4.22. The van der Waals surface area contributed by atoms with E-state index in [4.69, 9.17) is 21.3 Å². The number of anilines is 1. The van der Waals surface area contributed by atoms with Crippen LogP contribution in [0, 0.1) is 5.92 Å². The van der Waals surface area contributed by atoms with Crippen LogP contribution in [0.4, 0.5) is 5.82 Å². The first kappa shape index (κ1) is 19.6. The van der Waals surface area contributed by atoms with Gasteiger partial charge in [0.05, 0.1) is 10.7 Å². The summed E-state index contributed by atoms with van der Waals surface area (Å²) in [6, 6.07) is 8.79. The van der Waals surface area contributed by atoms with Crippen LogP contribution in [-0.4, -0.2) is 42.3 Å². The summed E-state index contributed by atoms with van der Waals surface area (Å²) in [7, 11) is 0. The summed E-state index contributed by atoms with van der Waals surface area (Å²) < 4.78 is 5.44. The Morgan fingerprint density at radius 2 is 2.11 bits per heavy atom. The molecule has 1 atom stereocenters. The summed E-state index contributed by atoms with van der Waals surface area (Å²) in [5.41, 5.74) is 2.93. The first-order chi connectivity index (χ1) is 13.8. The molecule has 4 rings (SSSR count). The van der Waals surface area contributed by atoms with Crippen molar-refractivity contribution in [2.75, 3.05) is 31.6 Å². The van der Waals surface area contributed by atoms with Crippen molar-refractivity contribution in [3.63, 3.8) is 0 Å². The SMILES string of the molecule is Clc1cnc(CC[C@H]2CCCN2)cc1-c1cccc(NCC2CCOCC2)n1. The summed E-state index contributed by atoms with van der Waals surface area (Å²) in [4.78, 5) is 9.33. The van der Waals surface area contributed by atoms with E-state index in [0.717, 1.165) is 74.8 Å². The third kappa shape index (κ3) is 5.22. The van der Waals surface area contributed by atoms with Crippen LogP contribution >= 0.6 is 11.6 Å². The molecule has 0 unspecified atom stereocenters. The summed E-state index contributed by atoms with van der Waals surface area (Å²) in [5, 5.41) is 7.69. The van der Waals surface area contributed by atoms with Gasteiger partial charge in [0, 0.05) is 43.3 Å². The van der Waals surface area contributed by atoms with E-state index in [9.17, 15) is 0 Å². The summed E-state index contributed by atoms with van der Waals surface area (Å²) in [5.74, 6) is 1.55. The molecule has 2 N–H and O–H groups in total. The Kier molecular flexibility index (Phi) is 6.78. The zero-order valence-corrected chi connectivity index (χ0v) is 17.0. The monoisotopic (exact) mass is 400 g/mol. The Balaban J connectivity index is 1.42. The predicted octanol–water partition coefficient (Wildman–Crippen LogP) is 4.32. The largest absolute Gasteiger partial charge is 0.381 e. The number of hydrogen-bond acceptors (Lipinski definition) is 5. The van der Waals surface area contributed by atoms with Crippen molar-refractivity contribution in [2.45, 2.75) is 44.6 Å². The molecule has 4 heterocycles. The zero-order chi connectivity index (χ0) is 19.2. The molecular weight excluding hydrogens is 372 g/mol. The van der Waals surface area contributed by atoms with Gasteiger partial charge in [-0.05, 0) is 69.2 Å². The molecule has 2 aliphatic rings. The molecular formula is C22H29ClN4O. The van der Waals surface area contributed by atoms with Gasteiger partial charge in [0.2, 0.25) is 0 Å². The Hall–Kier alpha value is -1.69. The van der Waals surface area contributed by atoms with Crippen molar-refractivity contribution in [1.82, 2.24) is 15.3 Å².